The molecule has 1 aromatic heterocycles. The zero-order chi connectivity index (χ0) is 14.5. The second-order valence-electron chi connectivity index (χ2n) is 5.01. The van der Waals surface area contributed by atoms with Crippen molar-refractivity contribution in [3.05, 3.63) is 18.3 Å². The second kappa shape index (κ2) is 6.67. The monoisotopic (exact) mass is 278 g/mol. The first-order valence-corrected chi connectivity index (χ1v) is 6.94. The number of aromatic nitrogens is 1. The van der Waals surface area contributed by atoms with Crippen molar-refractivity contribution in [2.24, 2.45) is 0 Å². The minimum Gasteiger partial charge on any atom is -0.395 e. The lowest BCUT2D eigenvalue weighted by atomic mass is 10.3. The van der Waals surface area contributed by atoms with Crippen LogP contribution >= 0.6 is 0 Å². The third-order valence-corrected chi connectivity index (χ3v) is 3.73. The van der Waals surface area contributed by atoms with Crippen LogP contribution in [0.4, 0.5) is 11.5 Å². The molecular formula is C14H22N4O2. The molecule has 6 heteroatoms. The minimum atomic E-state index is 0.0903. The number of anilines is 2. The Morgan fingerprint density at radius 3 is 2.80 bits per heavy atom. The third-order valence-electron chi connectivity index (χ3n) is 3.73. The predicted molar refractivity (Wildman–Crippen MR) is 78.9 cm³/mol. The largest absolute Gasteiger partial charge is 0.395 e. The van der Waals surface area contributed by atoms with Crippen LogP contribution in [0.1, 0.15) is 13.3 Å². The summed E-state index contributed by atoms with van der Waals surface area (Å²) in [6, 6.07) is 3.86. The molecule has 0 unspecified atom stereocenters. The summed E-state index contributed by atoms with van der Waals surface area (Å²) in [5.74, 6) is 0.892. The van der Waals surface area contributed by atoms with Crippen molar-refractivity contribution in [1.82, 2.24) is 9.88 Å². The van der Waals surface area contributed by atoms with Gasteiger partial charge in [0.25, 0.3) is 0 Å². The lowest BCUT2D eigenvalue weighted by Gasteiger charge is -2.26. The highest BCUT2D eigenvalue weighted by atomic mass is 16.3. The third kappa shape index (κ3) is 3.26. The van der Waals surface area contributed by atoms with Crippen molar-refractivity contribution < 1.29 is 9.90 Å². The number of pyridine rings is 1. The summed E-state index contributed by atoms with van der Waals surface area (Å²) in [4.78, 5) is 20.4. The van der Waals surface area contributed by atoms with Crippen LogP contribution in [0.25, 0.3) is 0 Å². The number of hydrogen-bond acceptors (Lipinski definition) is 5. The molecule has 1 aliphatic heterocycles. The van der Waals surface area contributed by atoms with Gasteiger partial charge >= 0.3 is 0 Å². The molecule has 1 saturated heterocycles. The van der Waals surface area contributed by atoms with Crippen molar-refractivity contribution in [1.29, 1.82) is 0 Å². The van der Waals surface area contributed by atoms with Crippen molar-refractivity contribution in [2.45, 2.75) is 19.4 Å². The summed E-state index contributed by atoms with van der Waals surface area (Å²) in [6.45, 7) is 4.18. The molecule has 6 nitrogen and oxygen atoms in total. The second-order valence-corrected chi connectivity index (χ2v) is 5.01. The summed E-state index contributed by atoms with van der Waals surface area (Å²) in [6.07, 6.45) is 2.19. The molecule has 0 spiro atoms. The van der Waals surface area contributed by atoms with Crippen LogP contribution in [0.15, 0.2) is 18.3 Å². The lowest BCUT2D eigenvalue weighted by molar-refractivity contribution is -0.118. The van der Waals surface area contributed by atoms with Crippen LogP contribution in [0.2, 0.25) is 0 Å². The first-order chi connectivity index (χ1) is 9.65. The number of aliphatic hydroxyl groups excluding tert-OH is 1. The zero-order valence-corrected chi connectivity index (χ0v) is 12.0. The van der Waals surface area contributed by atoms with E-state index in [9.17, 15) is 9.90 Å². The highest BCUT2D eigenvalue weighted by molar-refractivity contribution is 5.93. The number of aliphatic hydroxyl groups is 1. The molecule has 110 valence electrons. The number of carbonyl (C=O) groups is 1. The zero-order valence-electron chi connectivity index (χ0n) is 12.0. The first kappa shape index (κ1) is 14.7. The number of nitrogens with zero attached hydrogens (tertiary/aromatic N) is 3. The topological polar surface area (TPSA) is 68.7 Å². The van der Waals surface area contributed by atoms with Gasteiger partial charge in [-0.15, -0.1) is 0 Å². The molecule has 0 radical (unpaired) electrons. The maximum Gasteiger partial charge on any atom is 0.228 e. The lowest BCUT2D eigenvalue weighted by Crippen LogP contribution is -2.38. The Kier molecular flexibility index (Phi) is 4.92. The van der Waals surface area contributed by atoms with Crippen LogP contribution in [0, 0.1) is 0 Å². The fourth-order valence-electron chi connectivity index (χ4n) is 2.36. The summed E-state index contributed by atoms with van der Waals surface area (Å²) < 4.78 is 0. The van der Waals surface area contributed by atoms with E-state index >= 15 is 0 Å². The van der Waals surface area contributed by atoms with E-state index < -0.39 is 0 Å². The Labute approximate surface area is 119 Å². The average molecular weight is 278 g/mol. The fraction of sp³-hybridized carbons (Fsp3) is 0.571. The highest BCUT2D eigenvalue weighted by Crippen LogP contribution is 2.18. The van der Waals surface area contributed by atoms with Gasteiger partial charge in [0.05, 0.1) is 18.5 Å². The molecule has 1 atom stereocenters. The number of hydrogen-bond donors (Lipinski definition) is 2. The molecule has 0 bridgehead atoms. The molecule has 0 saturated carbocycles. The van der Waals surface area contributed by atoms with E-state index in [1.807, 2.05) is 26.1 Å². The number of nitrogens with one attached hydrogen (secondary N) is 1. The van der Waals surface area contributed by atoms with Crippen molar-refractivity contribution >= 4 is 17.4 Å². The number of carbonyl (C=O) groups excluding carboxylic acids is 1. The van der Waals surface area contributed by atoms with Gasteiger partial charge in [0.2, 0.25) is 5.91 Å². The van der Waals surface area contributed by atoms with E-state index in [0.29, 0.717) is 19.5 Å². The van der Waals surface area contributed by atoms with E-state index in [-0.39, 0.29) is 18.6 Å². The normalized spacial score (nSPS) is 18.8. The molecule has 2 N–H and O–H groups in total. The van der Waals surface area contributed by atoms with E-state index in [1.165, 1.54) is 0 Å². The van der Waals surface area contributed by atoms with Gasteiger partial charge < -0.3 is 15.3 Å². The van der Waals surface area contributed by atoms with E-state index in [4.69, 9.17) is 0 Å². The van der Waals surface area contributed by atoms with Gasteiger partial charge in [-0.2, -0.15) is 0 Å². The fourth-order valence-corrected chi connectivity index (χ4v) is 2.36. The Morgan fingerprint density at radius 2 is 2.20 bits per heavy atom. The van der Waals surface area contributed by atoms with Crippen LogP contribution in [0.5, 0.6) is 0 Å². The summed E-state index contributed by atoms with van der Waals surface area (Å²) in [5, 5.41) is 12.2. The molecule has 2 heterocycles. The molecule has 1 aromatic rings. The van der Waals surface area contributed by atoms with Crippen LogP contribution < -0.4 is 10.2 Å². The molecule has 20 heavy (non-hydrogen) atoms. The Balaban J connectivity index is 2.09. The van der Waals surface area contributed by atoms with E-state index in [2.05, 4.69) is 15.2 Å². The number of rotatable bonds is 4. The summed E-state index contributed by atoms with van der Waals surface area (Å²) in [5.41, 5.74) is 0.826. The van der Waals surface area contributed by atoms with Gasteiger partial charge in [0, 0.05) is 39.1 Å². The van der Waals surface area contributed by atoms with Crippen molar-refractivity contribution in [3.8, 4) is 0 Å². The predicted octanol–water partition coefficient (Wildman–Crippen LogP) is 0.543. The van der Waals surface area contributed by atoms with Gasteiger partial charge in [-0.05, 0) is 19.1 Å². The molecule has 2 rings (SSSR count). The maximum atomic E-state index is 12.2. The van der Waals surface area contributed by atoms with Gasteiger partial charge in [-0.3, -0.25) is 9.69 Å². The minimum absolute atomic E-state index is 0.0903. The summed E-state index contributed by atoms with van der Waals surface area (Å²) in [7, 11) is 1.81. The Bertz CT molecular complexity index is 449. The maximum absolute atomic E-state index is 12.2. The molecule has 1 aliphatic rings. The van der Waals surface area contributed by atoms with Crippen molar-refractivity contribution in [2.75, 3.05) is 43.5 Å². The molecule has 1 fully saturated rings. The molecule has 0 aromatic carbocycles. The van der Waals surface area contributed by atoms with Crippen LogP contribution in [0.3, 0.4) is 0 Å². The number of amides is 1. The average Bonchev–Trinajstić information content (AvgIpc) is 2.68. The smallest absolute Gasteiger partial charge is 0.228 e. The standard InChI is InChI=1S/C14H22N4O2/c1-11(10-19)17-6-5-14(20)18(8-7-17)12-3-4-13(15-2)16-9-12/h3-4,9,11,19H,5-8,10H2,1-2H3,(H,15,16)/t11-/m1/s1. The van der Waals surface area contributed by atoms with Crippen LogP contribution in [-0.2, 0) is 4.79 Å². The van der Waals surface area contributed by atoms with Crippen molar-refractivity contribution in [3.63, 3.8) is 0 Å². The van der Waals surface area contributed by atoms with Gasteiger partial charge in [-0.1, -0.05) is 0 Å². The van der Waals surface area contributed by atoms with Crippen LogP contribution in [-0.4, -0.2) is 60.2 Å². The summed E-state index contributed by atoms with van der Waals surface area (Å²) >= 11 is 0. The quantitative estimate of drug-likeness (QED) is 0.841. The SMILES string of the molecule is CNc1ccc(N2CCN([C@H](C)CO)CCC2=O)cn1. The first-order valence-electron chi connectivity index (χ1n) is 6.94. The van der Waals surface area contributed by atoms with Gasteiger partial charge in [0.1, 0.15) is 5.82 Å². The Morgan fingerprint density at radius 1 is 1.40 bits per heavy atom. The highest BCUT2D eigenvalue weighted by Gasteiger charge is 2.24. The van der Waals surface area contributed by atoms with E-state index in [1.54, 1.807) is 11.1 Å². The van der Waals surface area contributed by atoms with Gasteiger partial charge in [-0.25, -0.2) is 4.98 Å². The molecule has 0 aliphatic carbocycles. The Hall–Kier alpha value is -1.66. The van der Waals surface area contributed by atoms with E-state index in [0.717, 1.165) is 18.1 Å². The molecule has 1 amide bonds. The van der Waals surface area contributed by atoms with Gasteiger partial charge in [0.15, 0.2) is 0 Å². The molecular weight excluding hydrogens is 256 g/mol.